The third-order valence-electron chi connectivity index (χ3n) is 4.45. The molecule has 5 N–H and O–H groups in total. The predicted molar refractivity (Wildman–Crippen MR) is 115 cm³/mol. The maximum absolute atomic E-state index is 11.2. The van der Waals surface area contributed by atoms with Crippen LogP contribution in [0.3, 0.4) is 0 Å². The second kappa shape index (κ2) is 17.0. The Balaban J connectivity index is 5.18. The number of carbonyl (C=O) groups excluding carboxylic acids is 1. The molecular weight excluding hydrogens is 478 g/mol. The molecular formula is C18H29N5O12. The number of carboxylic acid groups (broad SMARTS) is 5. The second-order valence-corrected chi connectivity index (χ2v) is 7.43. The zero-order valence-corrected chi connectivity index (χ0v) is 18.8. The van der Waals surface area contributed by atoms with E-state index in [0.29, 0.717) is 0 Å². The van der Waals surface area contributed by atoms with E-state index in [4.69, 9.17) is 25.5 Å². The Labute approximate surface area is 199 Å². The maximum Gasteiger partial charge on any atom is 0.317 e. The van der Waals surface area contributed by atoms with Crippen LogP contribution in [0.1, 0.15) is 0 Å². The van der Waals surface area contributed by atoms with Crippen molar-refractivity contribution >= 4 is 35.8 Å². The Morgan fingerprint density at radius 2 is 0.657 bits per heavy atom. The molecule has 0 heterocycles. The fourth-order valence-corrected chi connectivity index (χ4v) is 2.99. The normalized spacial score (nSPS) is 11.2. The summed E-state index contributed by atoms with van der Waals surface area (Å²) >= 11 is 0. The van der Waals surface area contributed by atoms with Gasteiger partial charge >= 0.3 is 29.8 Å². The molecule has 0 saturated heterocycles. The Kier molecular flexibility index (Phi) is 15.3. The third-order valence-corrected chi connectivity index (χ3v) is 4.45. The third kappa shape index (κ3) is 17.6. The first kappa shape index (κ1) is 31.5. The van der Waals surface area contributed by atoms with Gasteiger partial charge in [0.15, 0.2) is 0 Å². The summed E-state index contributed by atoms with van der Waals surface area (Å²) in [6, 6.07) is 0. The minimum Gasteiger partial charge on any atom is -0.480 e. The number of nitrogens with zero attached hydrogens (tertiary/aromatic N) is 5. The van der Waals surface area contributed by atoms with Crippen LogP contribution in [0.15, 0.2) is 5.18 Å². The van der Waals surface area contributed by atoms with Gasteiger partial charge in [0, 0.05) is 44.4 Å². The van der Waals surface area contributed by atoms with Crippen LogP contribution in [0.25, 0.3) is 0 Å². The summed E-state index contributed by atoms with van der Waals surface area (Å²) in [7, 11) is 0. The van der Waals surface area contributed by atoms with E-state index in [2.05, 4.69) is 5.18 Å². The van der Waals surface area contributed by atoms with Gasteiger partial charge in [-0.15, -0.1) is 4.91 Å². The van der Waals surface area contributed by atoms with Gasteiger partial charge in [0.05, 0.1) is 39.3 Å². The monoisotopic (exact) mass is 507 g/mol. The molecule has 0 aromatic rings. The summed E-state index contributed by atoms with van der Waals surface area (Å²) < 4.78 is 0. The Morgan fingerprint density at radius 1 is 0.429 bits per heavy atom. The van der Waals surface area contributed by atoms with Gasteiger partial charge in [-0.3, -0.25) is 48.4 Å². The maximum atomic E-state index is 11.2. The molecule has 0 radical (unpaired) electrons. The van der Waals surface area contributed by atoms with Crippen molar-refractivity contribution < 1.29 is 54.3 Å². The van der Waals surface area contributed by atoms with E-state index in [0.717, 1.165) is 9.80 Å². The highest BCUT2D eigenvalue weighted by atomic mass is 16.4. The molecule has 0 aliphatic heterocycles. The Bertz CT molecular complexity index is 761. The zero-order chi connectivity index (χ0) is 27.0. The topological polar surface area (TPSA) is 246 Å². The summed E-state index contributed by atoms with van der Waals surface area (Å²) in [4.78, 5) is 81.7. The molecule has 0 atom stereocenters. The molecule has 198 valence electrons. The quantitative estimate of drug-likeness (QED) is 0.0966. The van der Waals surface area contributed by atoms with Gasteiger partial charge in [0.1, 0.15) is 0 Å². The number of rotatable bonds is 21. The molecule has 0 aromatic heterocycles. The van der Waals surface area contributed by atoms with Crippen molar-refractivity contribution in [3.05, 3.63) is 4.91 Å². The van der Waals surface area contributed by atoms with Gasteiger partial charge < -0.3 is 25.5 Å². The van der Waals surface area contributed by atoms with Crippen molar-refractivity contribution in [2.75, 3.05) is 78.5 Å². The van der Waals surface area contributed by atoms with Gasteiger partial charge in [0.2, 0.25) is 0 Å². The van der Waals surface area contributed by atoms with Gasteiger partial charge in [0.25, 0.3) is 5.91 Å². The second-order valence-electron chi connectivity index (χ2n) is 7.43. The zero-order valence-electron chi connectivity index (χ0n) is 18.8. The van der Waals surface area contributed by atoms with E-state index in [1.807, 2.05) is 0 Å². The number of aliphatic carboxylic acids is 5. The smallest absolute Gasteiger partial charge is 0.317 e. The molecule has 0 aliphatic rings. The minimum atomic E-state index is -1.28. The lowest BCUT2D eigenvalue weighted by Crippen LogP contribution is -2.46. The summed E-state index contributed by atoms with van der Waals surface area (Å²) in [6.45, 7) is -3.58. The molecule has 0 aromatic carbocycles. The summed E-state index contributed by atoms with van der Waals surface area (Å²) in [6.07, 6.45) is 0. The Hall–Kier alpha value is -3.54. The van der Waals surface area contributed by atoms with E-state index in [1.165, 1.54) is 9.80 Å². The van der Waals surface area contributed by atoms with Crippen LogP contribution in [0.5, 0.6) is 0 Å². The fourth-order valence-electron chi connectivity index (χ4n) is 2.99. The van der Waals surface area contributed by atoms with Crippen molar-refractivity contribution in [1.82, 2.24) is 19.6 Å². The predicted octanol–water partition coefficient (Wildman–Crippen LogP) is -3.09. The van der Waals surface area contributed by atoms with E-state index >= 15 is 0 Å². The number of amides is 1. The first-order valence-electron chi connectivity index (χ1n) is 10.2. The number of hydrogen-bond donors (Lipinski definition) is 5. The van der Waals surface area contributed by atoms with Gasteiger partial charge in [-0.1, -0.05) is 0 Å². The van der Waals surface area contributed by atoms with Crippen molar-refractivity contribution in [2.24, 2.45) is 5.18 Å². The lowest BCUT2D eigenvalue weighted by molar-refractivity contribution is -0.143. The average molecular weight is 507 g/mol. The van der Waals surface area contributed by atoms with Crippen molar-refractivity contribution in [2.45, 2.75) is 0 Å². The van der Waals surface area contributed by atoms with Crippen LogP contribution in [0.2, 0.25) is 0 Å². The van der Waals surface area contributed by atoms with Gasteiger partial charge in [-0.05, 0) is 0 Å². The summed E-state index contributed by atoms with van der Waals surface area (Å²) in [5, 5.41) is 47.2. The van der Waals surface area contributed by atoms with Crippen LogP contribution in [-0.2, 0) is 28.8 Å². The molecule has 1 amide bonds. The fraction of sp³-hybridized carbons (Fsp3) is 0.667. The van der Waals surface area contributed by atoms with E-state index in [1.54, 1.807) is 0 Å². The van der Waals surface area contributed by atoms with Crippen molar-refractivity contribution in [1.29, 1.82) is 0 Å². The average Bonchev–Trinajstić information content (AvgIpc) is 2.71. The molecule has 0 bridgehead atoms. The highest BCUT2D eigenvalue weighted by Gasteiger charge is 2.20. The molecule has 0 saturated carbocycles. The number of carbonyl (C=O) groups is 6. The minimum absolute atomic E-state index is 0.00131. The SMILES string of the molecule is O=NC(=O)CN(CCN(CCN(CCN(CC(=O)O)CC(=O)O)CC(=O)O)CC(=O)O)CC(=O)O. The largest absolute Gasteiger partial charge is 0.480 e. The molecule has 0 unspecified atom stereocenters. The van der Waals surface area contributed by atoms with E-state index in [-0.39, 0.29) is 39.3 Å². The first-order valence-corrected chi connectivity index (χ1v) is 10.2. The lowest BCUT2D eigenvalue weighted by atomic mass is 10.3. The highest BCUT2D eigenvalue weighted by molar-refractivity contribution is 5.79. The molecule has 0 fully saturated rings. The lowest BCUT2D eigenvalue weighted by Gasteiger charge is -2.29. The molecule has 35 heavy (non-hydrogen) atoms. The van der Waals surface area contributed by atoms with Crippen molar-refractivity contribution in [3.8, 4) is 0 Å². The first-order chi connectivity index (χ1) is 16.3. The molecule has 0 aliphatic carbocycles. The number of carboxylic acids is 5. The van der Waals surface area contributed by atoms with Crippen LogP contribution < -0.4 is 0 Å². The summed E-state index contributed by atoms with van der Waals surface area (Å²) in [5.74, 6) is -7.36. The molecule has 0 spiro atoms. The van der Waals surface area contributed by atoms with Gasteiger partial charge in [-0.25, -0.2) is 0 Å². The Morgan fingerprint density at radius 3 is 0.914 bits per heavy atom. The van der Waals surface area contributed by atoms with Crippen molar-refractivity contribution in [3.63, 3.8) is 0 Å². The van der Waals surface area contributed by atoms with E-state index < -0.39 is 75.0 Å². The molecule has 17 heteroatoms. The van der Waals surface area contributed by atoms with Gasteiger partial charge in [-0.2, -0.15) is 0 Å². The van der Waals surface area contributed by atoms with Crippen LogP contribution in [0.4, 0.5) is 0 Å². The summed E-state index contributed by atoms with van der Waals surface area (Å²) in [5.41, 5.74) is 0. The van der Waals surface area contributed by atoms with E-state index in [9.17, 15) is 33.7 Å². The highest BCUT2D eigenvalue weighted by Crippen LogP contribution is 1.99. The molecule has 0 rings (SSSR count). The number of hydrogen-bond acceptors (Lipinski definition) is 11. The molecule has 17 nitrogen and oxygen atoms in total. The van der Waals surface area contributed by atoms with Crippen LogP contribution >= 0.6 is 0 Å². The number of nitroso groups, excluding NO2 is 1. The van der Waals surface area contributed by atoms with Crippen LogP contribution in [-0.4, -0.2) is 159 Å². The standard InChI is InChI=1S/C18H29N5O12/c24-13(19-35)7-22(10-16(29)30)5-3-20(8-14(25)26)1-2-21(9-15(27)28)4-6-23(11-17(31)32)12-18(33)34/h1-12H2,(H,25,26)(H,27,28)(H,29,30)(H,31,32)(H,33,34). The van der Waals surface area contributed by atoms with Crippen LogP contribution in [0, 0.1) is 4.91 Å².